The first-order valence-electron chi connectivity index (χ1n) is 24.4. The van der Waals surface area contributed by atoms with Crippen LogP contribution in [0, 0.1) is 0 Å². The van der Waals surface area contributed by atoms with Crippen molar-refractivity contribution in [2.24, 2.45) is 0 Å². The molecule has 4 heterocycles. The summed E-state index contributed by atoms with van der Waals surface area (Å²) in [6.07, 6.45) is 16.8. The number of aromatic amines is 1. The predicted molar refractivity (Wildman–Crippen MR) is 278 cm³/mol. The fourth-order valence-corrected chi connectivity index (χ4v) is 8.75. The quantitative estimate of drug-likeness (QED) is 0.0168. The molecule has 0 radical (unpaired) electrons. The van der Waals surface area contributed by atoms with Crippen LogP contribution in [0.5, 0.6) is 5.75 Å². The van der Waals surface area contributed by atoms with Crippen LogP contribution in [0.25, 0.3) is 22.8 Å². The normalized spacial score (nSPS) is 14.2. The first kappa shape index (κ1) is 51.8. The molecule has 6 N–H and O–H groups in total. The van der Waals surface area contributed by atoms with Crippen molar-refractivity contribution in [2.75, 3.05) is 57.6 Å². The number of hydrogen-bond donors (Lipinski definition) is 6. The van der Waals surface area contributed by atoms with Crippen LogP contribution in [0.2, 0.25) is 0 Å². The van der Waals surface area contributed by atoms with Crippen LogP contribution in [-0.4, -0.2) is 90.3 Å². The maximum absolute atomic E-state index is 12.8. The Labute approximate surface area is 408 Å². The van der Waals surface area contributed by atoms with Gasteiger partial charge >= 0.3 is 0 Å². The zero-order valence-corrected chi connectivity index (χ0v) is 40.7. The molecule has 1 saturated heterocycles. The minimum Gasteiger partial charge on any atom is -0.494 e. The third-order valence-corrected chi connectivity index (χ3v) is 12.5. The molecule has 366 valence electrons. The van der Waals surface area contributed by atoms with Crippen LogP contribution >= 0.6 is 0 Å². The van der Waals surface area contributed by atoms with E-state index in [1.807, 2.05) is 62.6 Å². The molecule has 5 aromatic rings. The maximum atomic E-state index is 12.8. The largest absolute Gasteiger partial charge is 0.494 e. The Kier molecular flexibility index (Phi) is 20.6. The molecule has 1 unspecified atom stereocenters. The van der Waals surface area contributed by atoms with Gasteiger partial charge in [0.2, 0.25) is 5.91 Å². The zero-order chi connectivity index (χ0) is 48.7. The van der Waals surface area contributed by atoms with Crippen LogP contribution < -0.4 is 31.3 Å². The highest BCUT2D eigenvalue weighted by Gasteiger charge is 2.37. The molecule has 0 aliphatic carbocycles. The number of hydrogen-bond acceptors (Lipinski definition) is 12. The monoisotopic (exact) mass is 937 g/mol. The molecule has 2 aliphatic heterocycles. The highest BCUT2D eigenvalue weighted by atomic mass is 16.5. The lowest BCUT2D eigenvalue weighted by Gasteiger charge is -2.37. The first-order chi connectivity index (χ1) is 33.8. The van der Waals surface area contributed by atoms with E-state index in [4.69, 9.17) is 14.5 Å². The van der Waals surface area contributed by atoms with Gasteiger partial charge in [0, 0.05) is 84.0 Å². The summed E-state index contributed by atoms with van der Waals surface area (Å²) in [5, 5.41) is 24.4. The lowest BCUT2D eigenvalue weighted by atomic mass is 9.87. The average molecular weight is 937 g/mol. The molecule has 1 atom stereocenters. The van der Waals surface area contributed by atoms with E-state index in [-0.39, 0.29) is 24.1 Å². The summed E-state index contributed by atoms with van der Waals surface area (Å²) in [7, 11) is 3.75. The molecular weight excluding hydrogens is 865 g/mol. The number of pyridine rings is 1. The van der Waals surface area contributed by atoms with Crippen molar-refractivity contribution < 1.29 is 19.1 Å². The van der Waals surface area contributed by atoms with Crippen LogP contribution in [0.15, 0.2) is 117 Å². The van der Waals surface area contributed by atoms with Gasteiger partial charge in [-0.15, -0.1) is 6.58 Å². The minimum atomic E-state index is -0.388. The second-order valence-electron chi connectivity index (χ2n) is 17.6. The average Bonchev–Trinajstić information content (AvgIpc) is 4.01. The Bertz CT molecular complexity index is 2410. The van der Waals surface area contributed by atoms with E-state index < -0.39 is 0 Å². The van der Waals surface area contributed by atoms with Gasteiger partial charge < -0.3 is 45.8 Å². The number of rotatable bonds is 27. The second-order valence-corrected chi connectivity index (χ2v) is 17.6. The number of anilines is 2. The third kappa shape index (κ3) is 15.2. The number of carbonyl (C=O) groups is 2. The van der Waals surface area contributed by atoms with Crippen molar-refractivity contribution in [1.82, 2.24) is 41.0 Å². The molecule has 0 spiro atoms. The number of nitrogens with one attached hydrogen (secondary N) is 6. The summed E-state index contributed by atoms with van der Waals surface area (Å²) in [6, 6.07) is 26.3. The summed E-state index contributed by atoms with van der Waals surface area (Å²) in [5.41, 5.74) is 8.21. The van der Waals surface area contributed by atoms with E-state index in [0.717, 1.165) is 133 Å². The number of aldehydes is 1. The fourth-order valence-electron chi connectivity index (χ4n) is 8.75. The molecule has 1 amide bonds. The molecule has 69 heavy (non-hydrogen) atoms. The number of nitrogens with zero attached hydrogens (tertiary/aromatic N) is 4. The Morgan fingerprint density at radius 3 is 2.41 bits per heavy atom. The van der Waals surface area contributed by atoms with Crippen LogP contribution in [0.1, 0.15) is 98.7 Å². The maximum Gasteiger partial charge on any atom is 0.250 e. The first-order valence-corrected chi connectivity index (χ1v) is 24.4. The van der Waals surface area contributed by atoms with Crippen molar-refractivity contribution in [3.05, 3.63) is 145 Å². The number of carbonyl (C=O) groups excluding carboxylic acids is 2. The van der Waals surface area contributed by atoms with Crippen molar-refractivity contribution in [2.45, 2.75) is 95.3 Å². The Morgan fingerprint density at radius 2 is 1.65 bits per heavy atom. The van der Waals surface area contributed by atoms with Gasteiger partial charge in [-0.05, 0) is 113 Å². The van der Waals surface area contributed by atoms with Crippen molar-refractivity contribution in [3.63, 3.8) is 0 Å². The van der Waals surface area contributed by atoms with Gasteiger partial charge in [-0.2, -0.15) is 5.10 Å². The molecule has 2 aromatic heterocycles. The van der Waals surface area contributed by atoms with Gasteiger partial charge in [0.15, 0.2) is 11.6 Å². The number of ether oxygens (including phenoxy) is 2. The Hall–Kier alpha value is -6.61. The zero-order valence-electron chi connectivity index (χ0n) is 40.7. The van der Waals surface area contributed by atoms with Crippen molar-refractivity contribution >= 4 is 35.0 Å². The van der Waals surface area contributed by atoms with Gasteiger partial charge in [-0.25, -0.2) is 4.98 Å². The highest BCUT2D eigenvalue weighted by molar-refractivity contribution is 5.93. The standard InChI is InChI=1S/C53H65N9O4.C2H7N/c1-4-45(19-15-31-63)62-37-48-47(40(62)3)21-14-22-49(48)57-50(64)38-65-32-10-8-6-5-7-9-11-33-66-46-20-12-16-41(34-46)36-56-39(2)43-17-13-18-44(35-43)59-53(25-29-55-30-26-53)52-58-51(60-61-52)42-23-27-54-28-24-42;1-3-2/h4,12-14,16-18,20-24,27-28,31,34-35,45,55-56,59H,1-3,5-11,15,19,25-26,29-30,32-33,36-38H2,(H,57,64)(H,58,60,61);3H,1-2H3. The van der Waals surface area contributed by atoms with E-state index in [2.05, 4.69) is 103 Å². The van der Waals surface area contributed by atoms with Crippen molar-refractivity contribution in [1.29, 1.82) is 0 Å². The van der Waals surface area contributed by atoms with Gasteiger partial charge in [0.25, 0.3) is 0 Å². The fraction of sp³-hybridized carbons (Fsp3) is 0.400. The van der Waals surface area contributed by atoms with Crippen LogP contribution in [-0.2, 0) is 33.0 Å². The summed E-state index contributed by atoms with van der Waals surface area (Å²) >= 11 is 0. The number of H-pyrrole nitrogens is 1. The number of benzene rings is 3. The van der Waals surface area contributed by atoms with Gasteiger partial charge in [0.1, 0.15) is 18.6 Å². The third-order valence-electron chi connectivity index (χ3n) is 12.5. The molecule has 7 rings (SSSR count). The molecule has 14 nitrogen and oxygen atoms in total. The van der Waals surface area contributed by atoms with E-state index in [1.54, 1.807) is 12.4 Å². The van der Waals surface area contributed by atoms with E-state index in [9.17, 15) is 9.59 Å². The number of fused-ring (bicyclic) bond motifs is 1. The van der Waals surface area contributed by atoms with E-state index >= 15 is 0 Å². The topological polar surface area (TPSA) is 170 Å². The second kappa shape index (κ2) is 27.4. The van der Waals surface area contributed by atoms with Crippen molar-refractivity contribution in [3.8, 4) is 17.1 Å². The van der Waals surface area contributed by atoms with Crippen LogP contribution in [0.3, 0.4) is 0 Å². The number of amides is 1. The predicted octanol–water partition coefficient (Wildman–Crippen LogP) is 9.24. The van der Waals surface area contributed by atoms with Gasteiger partial charge in [-0.3, -0.25) is 14.9 Å². The number of aromatic nitrogens is 4. The van der Waals surface area contributed by atoms with E-state index in [1.165, 1.54) is 6.42 Å². The summed E-state index contributed by atoms with van der Waals surface area (Å²) in [5.74, 6) is 2.20. The minimum absolute atomic E-state index is 0.00772. The SMILES string of the molecule is C=CC(CCC=O)N1Cc2c(NC(=O)COCCCCCCCCCOc3cccc(CNC(=C)c4cccc(NC5(c6nc(-c7ccncc7)n[nH]6)CCNCC5)c4)c3)cccc2C1=C.CNC. The summed E-state index contributed by atoms with van der Waals surface area (Å²) < 4.78 is 11.9. The van der Waals surface area contributed by atoms with E-state index in [0.29, 0.717) is 45.0 Å². The molecule has 0 bridgehead atoms. The molecule has 1 fully saturated rings. The smallest absolute Gasteiger partial charge is 0.250 e. The molecular formula is C55H72N10O4. The lowest BCUT2D eigenvalue weighted by Crippen LogP contribution is -2.46. The van der Waals surface area contributed by atoms with Gasteiger partial charge in [0.05, 0.1) is 12.1 Å². The summed E-state index contributed by atoms with van der Waals surface area (Å²) in [4.78, 5) is 34.9. The van der Waals surface area contributed by atoms with Crippen LogP contribution in [0.4, 0.5) is 11.4 Å². The Balaban J connectivity index is 0.00000254. The molecule has 2 aliphatic rings. The van der Waals surface area contributed by atoms with Gasteiger partial charge in [-0.1, -0.05) is 87.7 Å². The number of piperidine rings is 1. The highest BCUT2D eigenvalue weighted by Crippen LogP contribution is 2.38. The Morgan fingerprint density at radius 1 is 0.928 bits per heavy atom. The molecule has 0 saturated carbocycles. The molecule has 14 heteroatoms. The number of unbranched alkanes of at least 4 members (excludes halogenated alkanes) is 6. The summed E-state index contributed by atoms with van der Waals surface area (Å²) in [6.45, 7) is 16.8. The molecule has 3 aromatic carbocycles. The lowest BCUT2D eigenvalue weighted by molar-refractivity contribution is -0.120.